The molecule has 0 saturated carbocycles. The number of anilines is 1. The first-order valence-corrected chi connectivity index (χ1v) is 5.25. The van der Waals surface area contributed by atoms with E-state index in [0.717, 1.165) is 12.3 Å². The first kappa shape index (κ1) is 12.2. The molecular formula is C13H10F2N2O. The van der Waals surface area contributed by atoms with Gasteiger partial charge >= 0.3 is 0 Å². The van der Waals surface area contributed by atoms with Crippen LogP contribution >= 0.6 is 0 Å². The average Bonchev–Trinajstić information content (AvgIpc) is 2.34. The Balaban J connectivity index is 2.16. The molecule has 0 aliphatic carbocycles. The highest BCUT2D eigenvalue weighted by atomic mass is 19.1. The van der Waals surface area contributed by atoms with Gasteiger partial charge in [-0.2, -0.15) is 0 Å². The molecule has 92 valence electrons. The number of carbonyl (C=O) groups is 1. The molecule has 1 aromatic carbocycles. The van der Waals surface area contributed by atoms with Crippen molar-refractivity contribution in [2.75, 3.05) is 5.32 Å². The Kier molecular flexibility index (Phi) is 3.32. The molecule has 0 aliphatic heterocycles. The molecule has 0 radical (unpaired) electrons. The fourth-order valence-electron chi connectivity index (χ4n) is 1.38. The minimum atomic E-state index is -0.520. The molecule has 0 saturated heterocycles. The predicted octanol–water partition coefficient (Wildman–Crippen LogP) is 2.92. The van der Waals surface area contributed by atoms with Gasteiger partial charge in [0.25, 0.3) is 5.91 Å². The number of aromatic nitrogens is 1. The van der Waals surface area contributed by atoms with E-state index in [9.17, 15) is 13.6 Å². The molecule has 0 aliphatic rings. The molecule has 0 fully saturated rings. The summed E-state index contributed by atoms with van der Waals surface area (Å²) in [7, 11) is 0. The number of halogens is 2. The molecule has 2 rings (SSSR count). The van der Waals surface area contributed by atoms with Gasteiger partial charge in [0.2, 0.25) is 0 Å². The van der Waals surface area contributed by atoms with Crippen molar-refractivity contribution in [3.63, 3.8) is 0 Å². The summed E-state index contributed by atoms with van der Waals surface area (Å²) in [4.78, 5) is 15.3. The predicted molar refractivity (Wildman–Crippen MR) is 63.3 cm³/mol. The van der Waals surface area contributed by atoms with Gasteiger partial charge in [-0.3, -0.25) is 4.79 Å². The number of nitrogens with one attached hydrogen (secondary N) is 1. The van der Waals surface area contributed by atoms with Crippen LogP contribution in [0.25, 0.3) is 0 Å². The third kappa shape index (κ3) is 2.68. The van der Waals surface area contributed by atoms with E-state index in [1.54, 1.807) is 19.1 Å². The van der Waals surface area contributed by atoms with Gasteiger partial charge in [-0.05, 0) is 36.8 Å². The number of pyridine rings is 1. The molecule has 5 heteroatoms. The lowest BCUT2D eigenvalue weighted by Crippen LogP contribution is -2.13. The Hall–Kier alpha value is -2.30. The van der Waals surface area contributed by atoms with Crippen LogP contribution in [0.2, 0.25) is 0 Å². The van der Waals surface area contributed by atoms with Gasteiger partial charge in [-0.1, -0.05) is 6.07 Å². The van der Waals surface area contributed by atoms with Gasteiger partial charge < -0.3 is 5.32 Å². The summed E-state index contributed by atoms with van der Waals surface area (Å²) >= 11 is 0. The first-order valence-electron chi connectivity index (χ1n) is 5.25. The highest BCUT2D eigenvalue weighted by Gasteiger charge is 2.08. The Labute approximate surface area is 102 Å². The molecule has 18 heavy (non-hydrogen) atoms. The molecule has 0 unspecified atom stereocenters. The van der Waals surface area contributed by atoms with Gasteiger partial charge in [-0.25, -0.2) is 13.8 Å². The van der Waals surface area contributed by atoms with Crippen molar-refractivity contribution in [2.24, 2.45) is 0 Å². The summed E-state index contributed by atoms with van der Waals surface area (Å²) in [6, 6.07) is 6.76. The first-order chi connectivity index (χ1) is 8.56. The summed E-state index contributed by atoms with van der Waals surface area (Å²) in [5, 5.41) is 2.48. The second kappa shape index (κ2) is 4.91. The number of hydrogen-bond acceptors (Lipinski definition) is 2. The summed E-state index contributed by atoms with van der Waals surface area (Å²) in [5.74, 6) is -1.44. The quantitative estimate of drug-likeness (QED) is 0.887. The fourth-order valence-corrected chi connectivity index (χ4v) is 1.38. The molecule has 1 N–H and O–H groups in total. The van der Waals surface area contributed by atoms with Gasteiger partial charge in [0, 0.05) is 5.69 Å². The van der Waals surface area contributed by atoms with Crippen LogP contribution in [0.5, 0.6) is 0 Å². The average molecular weight is 248 g/mol. The maximum Gasteiger partial charge on any atom is 0.274 e. The Morgan fingerprint density at radius 3 is 2.61 bits per heavy atom. The fraction of sp³-hybridized carbons (Fsp3) is 0.0769. The molecule has 1 amide bonds. The highest BCUT2D eigenvalue weighted by molar-refractivity contribution is 6.02. The summed E-state index contributed by atoms with van der Waals surface area (Å²) in [6.45, 7) is 1.63. The second-order valence-corrected chi connectivity index (χ2v) is 3.78. The molecule has 0 atom stereocenters. The zero-order chi connectivity index (χ0) is 13.1. The zero-order valence-corrected chi connectivity index (χ0v) is 9.58. The van der Waals surface area contributed by atoms with Gasteiger partial charge in [0.15, 0.2) is 0 Å². The van der Waals surface area contributed by atoms with E-state index >= 15 is 0 Å². The van der Waals surface area contributed by atoms with E-state index < -0.39 is 17.5 Å². The van der Waals surface area contributed by atoms with Crippen molar-refractivity contribution in [3.8, 4) is 0 Å². The summed E-state index contributed by atoms with van der Waals surface area (Å²) < 4.78 is 25.9. The second-order valence-electron chi connectivity index (χ2n) is 3.78. The monoisotopic (exact) mass is 248 g/mol. The smallest absolute Gasteiger partial charge is 0.274 e. The summed E-state index contributed by atoms with van der Waals surface area (Å²) in [6.07, 6.45) is 0.949. The van der Waals surface area contributed by atoms with Crippen LogP contribution in [0.4, 0.5) is 14.5 Å². The maximum atomic E-state index is 13.3. The number of aryl methyl sites for hydroxylation is 1. The van der Waals surface area contributed by atoms with Crippen LogP contribution in [0.3, 0.4) is 0 Å². The number of benzene rings is 1. The van der Waals surface area contributed by atoms with Crippen molar-refractivity contribution < 1.29 is 13.6 Å². The number of amides is 1. The van der Waals surface area contributed by atoms with E-state index in [4.69, 9.17) is 0 Å². The van der Waals surface area contributed by atoms with E-state index in [0.29, 0.717) is 11.3 Å². The molecule has 1 heterocycles. The minimum absolute atomic E-state index is 0.0670. The topological polar surface area (TPSA) is 42.0 Å². The number of rotatable bonds is 2. The van der Waals surface area contributed by atoms with Crippen LogP contribution in [0.15, 0.2) is 36.5 Å². The van der Waals surface area contributed by atoms with Crippen molar-refractivity contribution in [1.82, 2.24) is 4.98 Å². The van der Waals surface area contributed by atoms with Crippen LogP contribution in [-0.4, -0.2) is 10.9 Å². The molecule has 0 bridgehead atoms. The lowest BCUT2D eigenvalue weighted by Gasteiger charge is -2.05. The SMILES string of the molecule is Cc1ccc(NC(=O)c2ccc(F)cn2)cc1F. The number of nitrogens with zero attached hydrogens (tertiary/aromatic N) is 1. The van der Waals surface area contributed by atoms with E-state index in [2.05, 4.69) is 10.3 Å². The molecule has 1 aromatic heterocycles. The van der Waals surface area contributed by atoms with Crippen LogP contribution in [0.1, 0.15) is 16.1 Å². The zero-order valence-electron chi connectivity index (χ0n) is 9.58. The van der Waals surface area contributed by atoms with Crippen molar-refractivity contribution >= 4 is 11.6 Å². The maximum absolute atomic E-state index is 13.3. The minimum Gasteiger partial charge on any atom is -0.321 e. The van der Waals surface area contributed by atoms with Crippen molar-refractivity contribution in [3.05, 3.63) is 59.4 Å². The highest BCUT2D eigenvalue weighted by Crippen LogP contribution is 2.14. The van der Waals surface area contributed by atoms with Crippen molar-refractivity contribution in [2.45, 2.75) is 6.92 Å². The van der Waals surface area contributed by atoms with E-state index in [-0.39, 0.29) is 5.69 Å². The Morgan fingerprint density at radius 2 is 2.00 bits per heavy atom. The van der Waals surface area contributed by atoms with Crippen molar-refractivity contribution in [1.29, 1.82) is 0 Å². The van der Waals surface area contributed by atoms with Crippen LogP contribution in [0, 0.1) is 18.6 Å². The van der Waals surface area contributed by atoms with Crippen LogP contribution < -0.4 is 5.32 Å². The third-order valence-corrected chi connectivity index (χ3v) is 2.39. The standard InChI is InChI=1S/C13H10F2N2O/c1-8-2-4-10(6-11(8)15)17-13(18)12-5-3-9(14)7-16-12/h2-7H,1H3,(H,17,18). The lowest BCUT2D eigenvalue weighted by atomic mass is 10.2. The Bertz CT molecular complexity index is 582. The van der Waals surface area contributed by atoms with Gasteiger partial charge in [0.1, 0.15) is 17.3 Å². The van der Waals surface area contributed by atoms with Crippen LogP contribution in [-0.2, 0) is 0 Å². The lowest BCUT2D eigenvalue weighted by molar-refractivity contribution is 0.102. The number of hydrogen-bond donors (Lipinski definition) is 1. The summed E-state index contributed by atoms with van der Waals surface area (Å²) in [5.41, 5.74) is 0.888. The molecule has 2 aromatic rings. The normalized spacial score (nSPS) is 10.2. The molecular weight excluding hydrogens is 238 g/mol. The molecule has 3 nitrogen and oxygen atoms in total. The van der Waals surface area contributed by atoms with Gasteiger partial charge in [-0.15, -0.1) is 0 Å². The van der Waals surface area contributed by atoms with E-state index in [1.807, 2.05) is 0 Å². The largest absolute Gasteiger partial charge is 0.321 e. The van der Waals surface area contributed by atoms with E-state index in [1.165, 1.54) is 12.1 Å². The third-order valence-electron chi connectivity index (χ3n) is 2.39. The molecule has 0 spiro atoms. The number of carbonyl (C=O) groups excluding carboxylic acids is 1. The van der Waals surface area contributed by atoms with Gasteiger partial charge in [0.05, 0.1) is 6.20 Å². The Morgan fingerprint density at radius 1 is 1.22 bits per heavy atom.